The lowest BCUT2D eigenvalue weighted by atomic mass is 9.89. The molecule has 0 unspecified atom stereocenters. The predicted octanol–water partition coefficient (Wildman–Crippen LogP) is 2.84. The molecule has 0 saturated carbocycles. The van der Waals surface area contributed by atoms with Gasteiger partial charge in [-0.2, -0.15) is 0 Å². The van der Waals surface area contributed by atoms with Crippen molar-refractivity contribution in [2.75, 3.05) is 5.73 Å². The van der Waals surface area contributed by atoms with Crippen LogP contribution in [0.2, 0.25) is 0 Å². The fourth-order valence-electron chi connectivity index (χ4n) is 2.79. The molecule has 98 valence electrons. The molecule has 1 aliphatic rings. The van der Waals surface area contributed by atoms with Crippen molar-refractivity contribution in [2.45, 2.75) is 25.7 Å². The summed E-state index contributed by atoms with van der Waals surface area (Å²) in [6, 6.07) is 6.17. The monoisotopic (exact) mass is 256 g/mol. The first-order valence-electron chi connectivity index (χ1n) is 6.49. The van der Waals surface area contributed by atoms with Crippen molar-refractivity contribution in [3.8, 4) is 11.3 Å². The van der Waals surface area contributed by atoms with Gasteiger partial charge in [0, 0.05) is 6.20 Å². The molecular weight excluding hydrogens is 240 g/mol. The minimum absolute atomic E-state index is 0.163. The highest BCUT2D eigenvalue weighted by molar-refractivity contribution is 6.00. The number of H-pyrrole nitrogens is 1. The summed E-state index contributed by atoms with van der Waals surface area (Å²) in [5.41, 5.74) is 10.3. The lowest BCUT2D eigenvalue weighted by Crippen LogP contribution is -2.04. The molecule has 0 amide bonds. The molecule has 0 radical (unpaired) electrons. The van der Waals surface area contributed by atoms with Gasteiger partial charge in [-0.25, -0.2) is 4.79 Å². The summed E-state index contributed by atoms with van der Waals surface area (Å²) >= 11 is 0. The van der Waals surface area contributed by atoms with Crippen LogP contribution in [0, 0.1) is 0 Å². The number of aromatic carboxylic acids is 1. The first-order chi connectivity index (χ1) is 9.16. The number of carbonyl (C=O) groups is 1. The molecule has 0 spiro atoms. The van der Waals surface area contributed by atoms with Crippen LogP contribution in [0.5, 0.6) is 0 Å². The van der Waals surface area contributed by atoms with Crippen LogP contribution < -0.4 is 5.73 Å². The number of nitrogens with two attached hydrogens (primary N) is 1. The number of benzene rings is 1. The van der Waals surface area contributed by atoms with Crippen LogP contribution in [0.15, 0.2) is 24.4 Å². The number of anilines is 1. The Balaban J connectivity index is 2.10. The summed E-state index contributed by atoms with van der Waals surface area (Å²) in [6.45, 7) is 0. The van der Waals surface area contributed by atoms with Gasteiger partial charge in [0.05, 0.1) is 11.4 Å². The molecule has 3 rings (SSSR count). The Hall–Kier alpha value is -2.23. The maximum absolute atomic E-state index is 11.3. The fraction of sp³-hybridized carbons (Fsp3) is 0.267. The van der Waals surface area contributed by atoms with Gasteiger partial charge in [-0.1, -0.05) is 12.1 Å². The second-order valence-corrected chi connectivity index (χ2v) is 4.99. The van der Waals surface area contributed by atoms with Gasteiger partial charge < -0.3 is 15.8 Å². The van der Waals surface area contributed by atoms with Crippen LogP contribution in [0.4, 0.5) is 5.69 Å². The first-order valence-corrected chi connectivity index (χ1v) is 6.49. The Morgan fingerprint density at radius 2 is 1.95 bits per heavy atom. The van der Waals surface area contributed by atoms with Crippen molar-refractivity contribution >= 4 is 11.7 Å². The van der Waals surface area contributed by atoms with Crippen molar-refractivity contribution in [3.63, 3.8) is 0 Å². The van der Waals surface area contributed by atoms with Gasteiger partial charge in [0.25, 0.3) is 0 Å². The van der Waals surface area contributed by atoms with Crippen LogP contribution in [-0.4, -0.2) is 16.1 Å². The molecule has 1 aromatic heterocycles. The summed E-state index contributed by atoms with van der Waals surface area (Å²) in [4.78, 5) is 14.2. The predicted molar refractivity (Wildman–Crippen MR) is 74.2 cm³/mol. The topological polar surface area (TPSA) is 79.1 Å². The third kappa shape index (κ3) is 1.99. The fourth-order valence-corrected chi connectivity index (χ4v) is 2.79. The zero-order valence-electron chi connectivity index (χ0n) is 10.6. The number of aromatic amines is 1. The van der Waals surface area contributed by atoms with Crippen LogP contribution in [-0.2, 0) is 12.8 Å². The molecule has 0 bridgehead atoms. The third-order valence-corrected chi connectivity index (χ3v) is 3.76. The number of carboxylic acid groups (broad SMARTS) is 1. The van der Waals surface area contributed by atoms with E-state index in [9.17, 15) is 9.90 Å². The quantitative estimate of drug-likeness (QED) is 0.773. The normalized spacial score (nSPS) is 14.1. The third-order valence-electron chi connectivity index (χ3n) is 3.76. The summed E-state index contributed by atoms with van der Waals surface area (Å²) in [7, 11) is 0. The molecule has 0 atom stereocenters. The van der Waals surface area contributed by atoms with Gasteiger partial charge in [0.1, 0.15) is 5.56 Å². The van der Waals surface area contributed by atoms with E-state index in [2.05, 4.69) is 17.1 Å². The van der Waals surface area contributed by atoms with Crippen molar-refractivity contribution < 1.29 is 9.90 Å². The van der Waals surface area contributed by atoms with Crippen LogP contribution in [0.3, 0.4) is 0 Å². The molecule has 0 aliphatic heterocycles. The van der Waals surface area contributed by atoms with Crippen LogP contribution in [0.25, 0.3) is 11.3 Å². The van der Waals surface area contributed by atoms with Gasteiger partial charge in [0.15, 0.2) is 0 Å². The van der Waals surface area contributed by atoms with Gasteiger partial charge in [-0.15, -0.1) is 0 Å². The lowest BCUT2D eigenvalue weighted by molar-refractivity contribution is 0.0699. The smallest absolute Gasteiger partial charge is 0.340 e. The largest absolute Gasteiger partial charge is 0.478 e. The number of aryl methyl sites for hydroxylation is 2. The lowest BCUT2D eigenvalue weighted by Gasteiger charge is -2.16. The van der Waals surface area contributed by atoms with E-state index in [1.165, 1.54) is 30.2 Å². The van der Waals surface area contributed by atoms with Crippen LogP contribution in [0.1, 0.15) is 34.3 Å². The number of nitrogens with one attached hydrogen (secondary N) is 1. The first kappa shape index (κ1) is 11.8. The standard InChI is InChI=1S/C15H16N2O2/c16-12-8-17-14(13(12)15(18)19)11-6-5-9-3-1-2-4-10(9)7-11/h5-8,17H,1-4,16H2,(H,18,19). The van der Waals surface area contributed by atoms with E-state index < -0.39 is 5.97 Å². The highest BCUT2D eigenvalue weighted by Gasteiger charge is 2.18. The second kappa shape index (κ2) is 4.46. The highest BCUT2D eigenvalue weighted by atomic mass is 16.4. The second-order valence-electron chi connectivity index (χ2n) is 4.99. The average molecular weight is 256 g/mol. The van der Waals surface area contributed by atoms with Gasteiger partial charge in [-0.3, -0.25) is 0 Å². The molecule has 0 fully saturated rings. The Morgan fingerprint density at radius 3 is 2.68 bits per heavy atom. The number of aromatic nitrogens is 1. The molecule has 4 nitrogen and oxygen atoms in total. The van der Waals surface area contributed by atoms with E-state index in [0.29, 0.717) is 5.69 Å². The molecule has 19 heavy (non-hydrogen) atoms. The van der Waals surface area contributed by atoms with Crippen molar-refractivity contribution in [2.24, 2.45) is 0 Å². The zero-order valence-corrected chi connectivity index (χ0v) is 10.6. The summed E-state index contributed by atoms with van der Waals surface area (Å²) in [5, 5.41) is 9.24. The van der Waals surface area contributed by atoms with Gasteiger partial charge in [-0.05, 0) is 48.4 Å². The molecule has 1 heterocycles. The SMILES string of the molecule is Nc1c[nH]c(-c2ccc3c(c2)CCCC3)c1C(=O)O. The van der Waals surface area contributed by atoms with E-state index in [1.54, 1.807) is 0 Å². The number of carboxylic acids is 1. The van der Waals surface area contributed by atoms with Crippen LogP contribution >= 0.6 is 0 Å². The van der Waals surface area contributed by atoms with Crippen molar-refractivity contribution in [3.05, 3.63) is 41.1 Å². The molecule has 4 N–H and O–H groups in total. The van der Waals surface area contributed by atoms with Gasteiger partial charge >= 0.3 is 5.97 Å². The number of rotatable bonds is 2. The molecule has 1 aliphatic carbocycles. The molecular formula is C15H16N2O2. The Kier molecular flexibility index (Phi) is 2.78. The Morgan fingerprint density at radius 1 is 1.21 bits per heavy atom. The maximum atomic E-state index is 11.3. The van der Waals surface area contributed by atoms with E-state index in [-0.39, 0.29) is 11.3 Å². The Labute approximate surface area is 111 Å². The number of nitrogen functional groups attached to an aromatic ring is 1. The van der Waals surface area contributed by atoms with E-state index in [1.807, 2.05) is 6.07 Å². The van der Waals surface area contributed by atoms with Crippen molar-refractivity contribution in [1.82, 2.24) is 4.98 Å². The Bertz CT molecular complexity index is 644. The summed E-state index contributed by atoms with van der Waals surface area (Å²) in [6.07, 6.45) is 6.17. The number of fused-ring (bicyclic) bond motifs is 1. The molecule has 4 heteroatoms. The van der Waals surface area contributed by atoms with Crippen molar-refractivity contribution in [1.29, 1.82) is 0 Å². The maximum Gasteiger partial charge on any atom is 0.340 e. The zero-order chi connectivity index (χ0) is 13.4. The number of hydrogen-bond acceptors (Lipinski definition) is 2. The highest BCUT2D eigenvalue weighted by Crippen LogP contribution is 2.30. The van der Waals surface area contributed by atoms with E-state index in [0.717, 1.165) is 18.4 Å². The van der Waals surface area contributed by atoms with E-state index in [4.69, 9.17) is 5.73 Å². The summed E-state index contributed by atoms with van der Waals surface area (Å²) < 4.78 is 0. The van der Waals surface area contributed by atoms with E-state index >= 15 is 0 Å². The average Bonchev–Trinajstić information content (AvgIpc) is 2.80. The minimum atomic E-state index is -0.994. The molecule has 0 saturated heterocycles. The molecule has 2 aromatic rings. The van der Waals surface area contributed by atoms with Gasteiger partial charge in [0.2, 0.25) is 0 Å². The summed E-state index contributed by atoms with van der Waals surface area (Å²) in [5.74, 6) is -0.994. The number of hydrogen-bond donors (Lipinski definition) is 3. The molecule has 1 aromatic carbocycles. The minimum Gasteiger partial charge on any atom is -0.478 e.